The van der Waals surface area contributed by atoms with Crippen LogP contribution >= 0.6 is 0 Å². The van der Waals surface area contributed by atoms with Crippen molar-refractivity contribution in [2.75, 3.05) is 32.8 Å². The van der Waals surface area contributed by atoms with Gasteiger partial charge in [0, 0.05) is 32.3 Å². The minimum atomic E-state index is 0.591. The Bertz CT molecular complexity index is 139. The lowest BCUT2D eigenvalue weighted by atomic mass is 10.4. The van der Waals surface area contributed by atoms with Gasteiger partial charge >= 0.3 is 0 Å². The predicted octanol–water partition coefficient (Wildman–Crippen LogP) is 1.39. The molecule has 15 heavy (non-hydrogen) atoms. The van der Waals surface area contributed by atoms with E-state index in [0.29, 0.717) is 6.04 Å². The lowest BCUT2D eigenvalue weighted by Gasteiger charge is -2.09. The normalized spacial score (nSPS) is 16.2. The summed E-state index contributed by atoms with van der Waals surface area (Å²) in [6, 6.07) is 0.591. The molecule has 0 heterocycles. The van der Waals surface area contributed by atoms with Crippen molar-refractivity contribution in [3.63, 3.8) is 0 Å². The zero-order chi connectivity index (χ0) is 10.9. The molecule has 3 heteroatoms. The lowest BCUT2D eigenvalue weighted by molar-refractivity contribution is 0.122. The highest BCUT2D eigenvalue weighted by atomic mass is 16.5. The Kier molecular flexibility index (Phi) is 6.98. The number of nitrogens with one attached hydrogen (secondary N) is 2. The maximum absolute atomic E-state index is 5.55. The molecule has 0 aromatic heterocycles. The van der Waals surface area contributed by atoms with Gasteiger partial charge in [-0.25, -0.2) is 0 Å². The van der Waals surface area contributed by atoms with Crippen LogP contribution in [0.5, 0.6) is 0 Å². The summed E-state index contributed by atoms with van der Waals surface area (Å²) in [7, 11) is 0. The van der Waals surface area contributed by atoms with Gasteiger partial charge in [-0.05, 0) is 31.7 Å². The molecule has 0 saturated heterocycles. The van der Waals surface area contributed by atoms with Gasteiger partial charge in [0.1, 0.15) is 0 Å². The van der Waals surface area contributed by atoms with Gasteiger partial charge in [0.25, 0.3) is 0 Å². The average molecular weight is 214 g/mol. The molecule has 90 valence electrons. The van der Waals surface area contributed by atoms with E-state index in [-0.39, 0.29) is 0 Å². The van der Waals surface area contributed by atoms with Gasteiger partial charge in [-0.1, -0.05) is 13.8 Å². The zero-order valence-corrected chi connectivity index (χ0v) is 10.2. The van der Waals surface area contributed by atoms with E-state index in [9.17, 15) is 0 Å². The van der Waals surface area contributed by atoms with Crippen LogP contribution in [0.3, 0.4) is 0 Å². The van der Waals surface area contributed by atoms with Crippen molar-refractivity contribution >= 4 is 0 Å². The first-order valence-electron chi connectivity index (χ1n) is 6.31. The fraction of sp³-hybridized carbons (Fsp3) is 1.00. The Morgan fingerprint density at radius 2 is 2.00 bits per heavy atom. The largest absolute Gasteiger partial charge is 0.381 e. The van der Waals surface area contributed by atoms with Gasteiger partial charge in [-0.15, -0.1) is 0 Å². The summed E-state index contributed by atoms with van der Waals surface area (Å²) in [5.41, 5.74) is 0. The summed E-state index contributed by atoms with van der Waals surface area (Å²) in [4.78, 5) is 0. The third-order valence-corrected chi connectivity index (χ3v) is 2.55. The molecule has 1 rings (SSSR count). The summed E-state index contributed by atoms with van der Waals surface area (Å²) in [5, 5.41) is 6.78. The van der Waals surface area contributed by atoms with Crippen molar-refractivity contribution in [3.05, 3.63) is 0 Å². The maximum Gasteiger partial charge on any atom is 0.0494 e. The van der Waals surface area contributed by atoms with Gasteiger partial charge < -0.3 is 15.4 Å². The second-order valence-electron chi connectivity index (χ2n) is 4.73. The van der Waals surface area contributed by atoms with E-state index in [1.807, 2.05) is 0 Å². The molecule has 0 unspecified atom stereocenters. The first kappa shape index (κ1) is 12.9. The fourth-order valence-electron chi connectivity index (χ4n) is 1.41. The van der Waals surface area contributed by atoms with E-state index in [4.69, 9.17) is 4.74 Å². The van der Waals surface area contributed by atoms with Crippen molar-refractivity contribution in [1.29, 1.82) is 0 Å². The quantitative estimate of drug-likeness (QED) is 0.539. The smallest absolute Gasteiger partial charge is 0.0494 e. The van der Waals surface area contributed by atoms with Crippen LogP contribution in [0.1, 0.15) is 33.1 Å². The number of hydrogen-bond acceptors (Lipinski definition) is 3. The van der Waals surface area contributed by atoms with Gasteiger partial charge in [-0.3, -0.25) is 0 Å². The fourth-order valence-corrected chi connectivity index (χ4v) is 1.41. The van der Waals surface area contributed by atoms with E-state index in [1.165, 1.54) is 12.8 Å². The first-order chi connectivity index (χ1) is 7.29. The zero-order valence-electron chi connectivity index (χ0n) is 10.2. The SMILES string of the molecule is CC(C)NCCNCCCOCC1CC1. The number of rotatable bonds is 10. The van der Waals surface area contributed by atoms with Crippen LogP contribution in [0.2, 0.25) is 0 Å². The molecule has 0 aliphatic heterocycles. The van der Waals surface area contributed by atoms with Crippen molar-refractivity contribution in [1.82, 2.24) is 10.6 Å². The van der Waals surface area contributed by atoms with E-state index >= 15 is 0 Å². The highest BCUT2D eigenvalue weighted by Crippen LogP contribution is 2.28. The van der Waals surface area contributed by atoms with Crippen LogP contribution in [0.25, 0.3) is 0 Å². The summed E-state index contributed by atoms with van der Waals surface area (Å²) in [6.07, 6.45) is 3.91. The molecule has 2 N–H and O–H groups in total. The molecule has 1 fully saturated rings. The predicted molar refractivity (Wildman–Crippen MR) is 64.2 cm³/mol. The summed E-state index contributed by atoms with van der Waals surface area (Å²) >= 11 is 0. The maximum atomic E-state index is 5.55. The average Bonchev–Trinajstić information content (AvgIpc) is 2.98. The molecule has 0 amide bonds. The van der Waals surface area contributed by atoms with Crippen LogP contribution in [0.4, 0.5) is 0 Å². The molecule has 0 radical (unpaired) electrons. The molecule has 0 bridgehead atoms. The van der Waals surface area contributed by atoms with Gasteiger partial charge in [0.05, 0.1) is 0 Å². The van der Waals surface area contributed by atoms with Gasteiger partial charge in [0.2, 0.25) is 0 Å². The van der Waals surface area contributed by atoms with Crippen LogP contribution < -0.4 is 10.6 Å². The standard InChI is InChI=1S/C12H26N2O/c1-11(2)14-8-7-13-6-3-9-15-10-12-4-5-12/h11-14H,3-10H2,1-2H3. The van der Waals surface area contributed by atoms with E-state index in [0.717, 1.165) is 45.2 Å². The highest BCUT2D eigenvalue weighted by Gasteiger charge is 2.20. The molecule has 1 aliphatic rings. The first-order valence-corrected chi connectivity index (χ1v) is 6.31. The minimum Gasteiger partial charge on any atom is -0.381 e. The molecule has 0 aromatic carbocycles. The molecule has 3 nitrogen and oxygen atoms in total. The van der Waals surface area contributed by atoms with E-state index < -0.39 is 0 Å². The van der Waals surface area contributed by atoms with Gasteiger partial charge in [0.15, 0.2) is 0 Å². The van der Waals surface area contributed by atoms with Crippen molar-refractivity contribution in [2.24, 2.45) is 5.92 Å². The van der Waals surface area contributed by atoms with Crippen molar-refractivity contribution in [2.45, 2.75) is 39.2 Å². The molecule has 1 saturated carbocycles. The molecular formula is C12H26N2O. The topological polar surface area (TPSA) is 33.3 Å². The Balaban J connectivity index is 1.65. The van der Waals surface area contributed by atoms with Crippen LogP contribution in [0.15, 0.2) is 0 Å². The van der Waals surface area contributed by atoms with E-state index in [1.54, 1.807) is 0 Å². The van der Waals surface area contributed by atoms with Crippen molar-refractivity contribution in [3.8, 4) is 0 Å². The summed E-state index contributed by atoms with van der Waals surface area (Å²) in [6.45, 7) is 9.44. The Hall–Kier alpha value is -0.120. The third kappa shape index (κ3) is 8.85. The number of hydrogen-bond donors (Lipinski definition) is 2. The lowest BCUT2D eigenvalue weighted by Crippen LogP contribution is -2.32. The molecule has 0 aromatic rings. The summed E-state index contributed by atoms with van der Waals surface area (Å²) < 4.78 is 5.55. The Labute approximate surface area is 94.0 Å². The van der Waals surface area contributed by atoms with Crippen LogP contribution in [-0.2, 0) is 4.74 Å². The Morgan fingerprint density at radius 1 is 1.20 bits per heavy atom. The molecule has 1 aliphatic carbocycles. The van der Waals surface area contributed by atoms with Gasteiger partial charge in [-0.2, -0.15) is 0 Å². The number of ether oxygens (including phenoxy) is 1. The second kappa shape index (κ2) is 8.08. The Morgan fingerprint density at radius 3 is 2.67 bits per heavy atom. The summed E-state index contributed by atoms with van der Waals surface area (Å²) in [5.74, 6) is 0.896. The second-order valence-corrected chi connectivity index (χ2v) is 4.73. The third-order valence-electron chi connectivity index (χ3n) is 2.55. The van der Waals surface area contributed by atoms with E-state index in [2.05, 4.69) is 24.5 Å². The molecule has 0 spiro atoms. The highest BCUT2D eigenvalue weighted by molar-refractivity contribution is 4.71. The monoisotopic (exact) mass is 214 g/mol. The molecular weight excluding hydrogens is 188 g/mol. The minimum absolute atomic E-state index is 0.591. The van der Waals surface area contributed by atoms with Crippen LogP contribution in [0, 0.1) is 5.92 Å². The molecule has 0 atom stereocenters. The van der Waals surface area contributed by atoms with Crippen molar-refractivity contribution < 1.29 is 4.74 Å². The van der Waals surface area contributed by atoms with Crippen LogP contribution in [-0.4, -0.2) is 38.9 Å².